The van der Waals surface area contributed by atoms with Crippen LogP contribution in [0.15, 0.2) is 60.0 Å². The van der Waals surface area contributed by atoms with Crippen LogP contribution in [0.5, 0.6) is 0 Å². The molecular weight excluding hydrogens is 212 g/mol. The van der Waals surface area contributed by atoms with Crippen LogP contribution in [0, 0.1) is 0 Å². The molecule has 84 valence electrons. The van der Waals surface area contributed by atoms with Crippen molar-refractivity contribution in [2.75, 3.05) is 0 Å². The zero-order chi connectivity index (χ0) is 11.5. The van der Waals surface area contributed by atoms with Crippen molar-refractivity contribution in [3.63, 3.8) is 0 Å². The van der Waals surface area contributed by atoms with Gasteiger partial charge < -0.3 is 4.84 Å². The molecule has 1 aromatic carbocycles. The molecule has 1 aliphatic heterocycles. The second-order valence-electron chi connectivity index (χ2n) is 3.98. The van der Waals surface area contributed by atoms with E-state index in [2.05, 4.69) is 22.3 Å². The zero-order valence-corrected chi connectivity index (χ0v) is 9.28. The highest BCUT2D eigenvalue weighted by atomic mass is 16.6. The largest absolute Gasteiger partial charge is 0.387 e. The number of oxime groups is 1. The number of hydrogen-bond acceptors (Lipinski definition) is 3. The summed E-state index contributed by atoms with van der Waals surface area (Å²) < 4.78 is 0. The Bertz CT molecular complexity index is 522. The minimum Gasteiger partial charge on any atom is -0.387 e. The Morgan fingerprint density at radius 2 is 1.76 bits per heavy atom. The van der Waals surface area contributed by atoms with Gasteiger partial charge in [-0.15, -0.1) is 0 Å². The van der Waals surface area contributed by atoms with E-state index in [1.807, 2.05) is 30.3 Å². The van der Waals surface area contributed by atoms with E-state index in [-0.39, 0.29) is 6.10 Å². The van der Waals surface area contributed by atoms with Crippen LogP contribution >= 0.6 is 0 Å². The van der Waals surface area contributed by atoms with Crippen molar-refractivity contribution in [1.82, 2.24) is 4.98 Å². The Morgan fingerprint density at radius 1 is 1.00 bits per heavy atom. The summed E-state index contributed by atoms with van der Waals surface area (Å²) >= 11 is 0. The first-order chi connectivity index (χ1) is 8.43. The molecule has 0 bridgehead atoms. The maximum atomic E-state index is 5.47. The van der Waals surface area contributed by atoms with Crippen molar-refractivity contribution in [3.8, 4) is 0 Å². The topological polar surface area (TPSA) is 34.5 Å². The lowest BCUT2D eigenvalue weighted by Gasteiger charge is -2.07. The van der Waals surface area contributed by atoms with E-state index in [1.165, 1.54) is 5.56 Å². The van der Waals surface area contributed by atoms with E-state index < -0.39 is 0 Å². The van der Waals surface area contributed by atoms with E-state index in [0.717, 1.165) is 17.7 Å². The van der Waals surface area contributed by atoms with Gasteiger partial charge >= 0.3 is 0 Å². The summed E-state index contributed by atoms with van der Waals surface area (Å²) in [5, 5.41) is 4.15. The second kappa shape index (κ2) is 4.37. The van der Waals surface area contributed by atoms with Gasteiger partial charge in [-0.25, -0.2) is 0 Å². The second-order valence-corrected chi connectivity index (χ2v) is 3.98. The van der Waals surface area contributed by atoms with Crippen molar-refractivity contribution >= 4 is 5.71 Å². The number of aromatic nitrogens is 1. The standard InChI is InChI=1S/C14H12N2O/c1-2-4-12(5-3-1)14-10-13(16-17-14)11-6-8-15-9-7-11/h1-9,14H,10H2. The average molecular weight is 224 g/mol. The molecule has 1 aliphatic rings. The quantitative estimate of drug-likeness (QED) is 0.786. The fraction of sp³-hybridized carbons (Fsp3) is 0.143. The first-order valence-electron chi connectivity index (χ1n) is 5.61. The Kier molecular flexibility index (Phi) is 2.58. The van der Waals surface area contributed by atoms with Gasteiger partial charge in [-0.3, -0.25) is 4.98 Å². The Morgan fingerprint density at radius 3 is 2.53 bits per heavy atom. The first kappa shape index (κ1) is 10.0. The Labute approximate surface area is 99.8 Å². The Hall–Kier alpha value is -2.16. The molecule has 1 aromatic heterocycles. The van der Waals surface area contributed by atoms with E-state index >= 15 is 0 Å². The monoisotopic (exact) mass is 224 g/mol. The third-order valence-electron chi connectivity index (χ3n) is 2.85. The minimum atomic E-state index is 0.0411. The molecule has 17 heavy (non-hydrogen) atoms. The molecular formula is C14H12N2O. The molecule has 3 heteroatoms. The zero-order valence-electron chi connectivity index (χ0n) is 9.28. The van der Waals surface area contributed by atoms with Gasteiger partial charge in [0.05, 0.1) is 5.71 Å². The highest BCUT2D eigenvalue weighted by Crippen LogP contribution is 2.28. The number of hydrogen-bond donors (Lipinski definition) is 0. The molecule has 0 amide bonds. The number of benzene rings is 1. The number of rotatable bonds is 2. The van der Waals surface area contributed by atoms with Crippen molar-refractivity contribution in [2.24, 2.45) is 5.16 Å². The van der Waals surface area contributed by atoms with E-state index in [4.69, 9.17) is 4.84 Å². The van der Waals surface area contributed by atoms with E-state index in [9.17, 15) is 0 Å². The summed E-state index contributed by atoms with van der Waals surface area (Å²) in [6.07, 6.45) is 4.40. The molecule has 2 aromatic rings. The number of pyridine rings is 1. The lowest BCUT2D eigenvalue weighted by Crippen LogP contribution is -2.01. The molecule has 3 nitrogen and oxygen atoms in total. The third kappa shape index (κ3) is 2.04. The normalized spacial score (nSPS) is 18.6. The van der Waals surface area contributed by atoms with Crippen LogP contribution in [0.3, 0.4) is 0 Å². The van der Waals surface area contributed by atoms with Gasteiger partial charge in [0.1, 0.15) is 0 Å². The lowest BCUT2D eigenvalue weighted by molar-refractivity contribution is 0.0857. The van der Waals surface area contributed by atoms with Crippen LogP contribution in [0.2, 0.25) is 0 Å². The molecule has 0 spiro atoms. The fourth-order valence-electron chi connectivity index (χ4n) is 1.94. The van der Waals surface area contributed by atoms with Gasteiger partial charge in [-0.2, -0.15) is 0 Å². The van der Waals surface area contributed by atoms with Crippen LogP contribution in [-0.2, 0) is 4.84 Å². The van der Waals surface area contributed by atoms with Crippen molar-refractivity contribution in [1.29, 1.82) is 0 Å². The summed E-state index contributed by atoms with van der Waals surface area (Å²) in [6.45, 7) is 0. The molecule has 0 saturated heterocycles. The molecule has 1 atom stereocenters. The van der Waals surface area contributed by atoms with Crippen LogP contribution in [-0.4, -0.2) is 10.7 Å². The molecule has 0 radical (unpaired) electrons. The molecule has 0 aliphatic carbocycles. The minimum absolute atomic E-state index is 0.0411. The first-order valence-corrected chi connectivity index (χ1v) is 5.61. The third-order valence-corrected chi connectivity index (χ3v) is 2.85. The smallest absolute Gasteiger partial charge is 0.158 e. The van der Waals surface area contributed by atoms with Crippen molar-refractivity contribution in [3.05, 3.63) is 66.0 Å². The number of nitrogens with zero attached hydrogens (tertiary/aromatic N) is 2. The molecule has 0 N–H and O–H groups in total. The van der Waals surface area contributed by atoms with Gasteiger partial charge in [0.15, 0.2) is 6.10 Å². The Balaban J connectivity index is 1.78. The summed E-state index contributed by atoms with van der Waals surface area (Å²) in [6, 6.07) is 14.1. The van der Waals surface area contributed by atoms with E-state index in [0.29, 0.717) is 0 Å². The average Bonchev–Trinajstić information content (AvgIpc) is 2.90. The molecule has 0 fully saturated rings. The summed E-state index contributed by atoms with van der Waals surface area (Å²) in [5.74, 6) is 0. The van der Waals surface area contributed by atoms with Gasteiger partial charge in [0, 0.05) is 24.4 Å². The van der Waals surface area contributed by atoms with Gasteiger partial charge in [0.2, 0.25) is 0 Å². The maximum Gasteiger partial charge on any atom is 0.158 e. The summed E-state index contributed by atoms with van der Waals surface area (Å²) in [5.41, 5.74) is 3.24. The van der Waals surface area contributed by atoms with Gasteiger partial charge in [-0.1, -0.05) is 35.5 Å². The van der Waals surface area contributed by atoms with Crippen LogP contribution in [0.25, 0.3) is 0 Å². The molecule has 3 rings (SSSR count). The van der Waals surface area contributed by atoms with Gasteiger partial charge in [-0.05, 0) is 17.7 Å². The predicted octanol–water partition coefficient (Wildman–Crippen LogP) is 2.95. The van der Waals surface area contributed by atoms with Crippen molar-refractivity contribution < 1.29 is 4.84 Å². The maximum absolute atomic E-state index is 5.47. The fourth-order valence-corrected chi connectivity index (χ4v) is 1.94. The predicted molar refractivity (Wildman–Crippen MR) is 65.7 cm³/mol. The molecule has 0 saturated carbocycles. The molecule has 1 unspecified atom stereocenters. The lowest BCUT2D eigenvalue weighted by atomic mass is 10.0. The molecule has 2 heterocycles. The summed E-state index contributed by atoms with van der Waals surface area (Å²) in [4.78, 5) is 9.47. The van der Waals surface area contributed by atoms with Crippen molar-refractivity contribution in [2.45, 2.75) is 12.5 Å². The highest BCUT2D eigenvalue weighted by molar-refractivity contribution is 6.01. The SMILES string of the molecule is c1ccc(C2CC(c3ccncc3)=NO2)cc1. The van der Waals surface area contributed by atoms with Gasteiger partial charge in [0.25, 0.3) is 0 Å². The van der Waals surface area contributed by atoms with E-state index in [1.54, 1.807) is 12.4 Å². The van der Waals surface area contributed by atoms with Crippen LogP contribution in [0.1, 0.15) is 23.7 Å². The van der Waals surface area contributed by atoms with Crippen LogP contribution in [0.4, 0.5) is 0 Å². The van der Waals surface area contributed by atoms with Crippen LogP contribution < -0.4 is 0 Å². The highest BCUT2D eigenvalue weighted by Gasteiger charge is 2.23. The summed E-state index contributed by atoms with van der Waals surface area (Å²) in [7, 11) is 0.